The Balaban J connectivity index is 2.63. The van der Waals surface area contributed by atoms with E-state index in [-0.39, 0.29) is 17.4 Å². The van der Waals surface area contributed by atoms with Crippen molar-refractivity contribution in [3.8, 4) is 0 Å². The van der Waals surface area contributed by atoms with Crippen molar-refractivity contribution in [2.75, 3.05) is 19.6 Å². The highest BCUT2D eigenvalue weighted by Crippen LogP contribution is 2.40. The molecule has 1 aliphatic rings. The molecule has 1 aliphatic carbocycles. The van der Waals surface area contributed by atoms with Gasteiger partial charge in [-0.3, -0.25) is 4.90 Å². The third kappa shape index (κ3) is 5.60. The first-order valence-corrected chi connectivity index (χ1v) is 7.57. The average molecular weight is 294 g/mol. The lowest BCUT2D eigenvalue weighted by Crippen LogP contribution is -2.46. The number of halogens is 3. The van der Waals surface area contributed by atoms with E-state index in [9.17, 15) is 13.2 Å². The van der Waals surface area contributed by atoms with E-state index in [1.54, 1.807) is 6.92 Å². The Morgan fingerprint density at radius 3 is 2.20 bits per heavy atom. The van der Waals surface area contributed by atoms with Crippen molar-refractivity contribution in [3.63, 3.8) is 0 Å². The fourth-order valence-electron chi connectivity index (χ4n) is 3.17. The van der Waals surface area contributed by atoms with Crippen LogP contribution >= 0.6 is 0 Å². The van der Waals surface area contributed by atoms with E-state index in [4.69, 9.17) is 5.73 Å². The zero-order valence-electron chi connectivity index (χ0n) is 13.1. The average Bonchev–Trinajstić information content (AvgIpc) is 2.27. The molecule has 2 N–H and O–H groups in total. The van der Waals surface area contributed by atoms with Crippen LogP contribution in [-0.4, -0.2) is 36.8 Å². The van der Waals surface area contributed by atoms with E-state index in [0.717, 1.165) is 19.3 Å². The highest BCUT2D eigenvalue weighted by molar-refractivity contribution is 4.89. The maximum atomic E-state index is 12.5. The smallest absolute Gasteiger partial charge is 0.327 e. The monoisotopic (exact) mass is 294 g/mol. The van der Waals surface area contributed by atoms with Crippen molar-refractivity contribution in [1.29, 1.82) is 0 Å². The van der Waals surface area contributed by atoms with Gasteiger partial charge in [-0.15, -0.1) is 0 Å². The highest BCUT2D eigenvalue weighted by Gasteiger charge is 2.37. The van der Waals surface area contributed by atoms with Crippen LogP contribution in [0.3, 0.4) is 0 Å². The van der Waals surface area contributed by atoms with E-state index in [1.807, 2.05) is 0 Å². The van der Waals surface area contributed by atoms with Gasteiger partial charge in [0.2, 0.25) is 0 Å². The summed E-state index contributed by atoms with van der Waals surface area (Å²) in [5, 5.41) is 0. The van der Waals surface area contributed by atoms with Crippen LogP contribution in [0.4, 0.5) is 13.2 Å². The molecule has 0 bridgehead atoms. The summed E-state index contributed by atoms with van der Waals surface area (Å²) in [7, 11) is 0. The molecule has 0 radical (unpaired) electrons. The molecule has 0 saturated heterocycles. The van der Waals surface area contributed by atoms with Gasteiger partial charge in [-0.2, -0.15) is 13.2 Å². The predicted molar refractivity (Wildman–Crippen MR) is 76.4 cm³/mol. The van der Waals surface area contributed by atoms with Crippen LogP contribution in [0, 0.1) is 17.3 Å². The molecule has 1 fully saturated rings. The summed E-state index contributed by atoms with van der Waals surface area (Å²) >= 11 is 0. The first-order chi connectivity index (χ1) is 9.03. The Morgan fingerprint density at radius 2 is 1.75 bits per heavy atom. The van der Waals surface area contributed by atoms with Crippen LogP contribution < -0.4 is 5.73 Å². The van der Waals surface area contributed by atoms with Gasteiger partial charge in [0, 0.05) is 12.6 Å². The summed E-state index contributed by atoms with van der Waals surface area (Å²) < 4.78 is 37.6. The van der Waals surface area contributed by atoms with Crippen molar-refractivity contribution in [2.45, 2.75) is 59.2 Å². The highest BCUT2D eigenvalue weighted by atomic mass is 19.4. The second kappa shape index (κ2) is 6.65. The van der Waals surface area contributed by atoms with Crippen LogP contribution in [-0.2, 0) is 0 Å². The van der Waals surface area contributed by atoms with Gasteiger partial charge in [0.1, 0.15) is 0 Å². The molecule has 0 aliphatic heterocycles. The number of nitrogens with two attached hydrogens (primary N) is 1. The fourth-order valence-corrected chi connectivity index (χ4v) is 3.17. The van der Waals surface area contributed by atoms with Gasteiger partial charge >= 0.3 is 6.18 Å². The lowest BCUT2D eigenvalue weighted by molar-refractivity contribution is -0.147. The van der Waals surface area contributed by atoms with Gasteiger partial charge in [0.15, 0.2) is 0 Å². The summed E-state index contributed by atoms with van der Waals surface area (Å²) in [5.41, 5.74) is 6.35. The molecule has 0 heterocycles. The maximum absolute atomic E-state index is 12.5. The van der Waals surface area contributed by atoms with Crippen LogP contribution in [0.2, 0.25) is 0 Å². The number of hydrogen-bond donors (Lipinski definition) is 1. The number of rotatable bonds is 4. The van der Waals surface area contributed by atoms with Crippen molar-refractivity contribution in [2.24, 2.45) is 23.0 Å². The molecule has 3 unspecified atom stereocenters. The Morgan fingerprint density at radius 1 is 1.15 bits per heavy atom. The normalized spacial score (nSPS) is 28.9. The van der Waals surface area contributed by atoms with Gasteiger partial charge < -0.3 is 5.73 Å². The van der Waals surface area contributed by atoms with E-state index in [1.165, 1.54) is 4.90 Å². The molecule has 0 amide bonds. The first-order valence-electron chi connectivity index (χ1n) is 7.57. The molecule has 0 aromatic rings. The predicted octanol–water partition coefficient (Wildman–Crippen LogP) is 3.66. The van der Waals surface area contributed by atoms with Crippen LogP contribution in [0.5, 0.6) is 0 Å². The fraction of sp³-hybridized carbons (Fsp3) is 1.00. The Kier molecular flexibility index (Phi) is 5.90. The second-order valence-corrected chi connectivity index (χ2v) is 7.24. The summed E-state index contributed by atoms with van der Waals surface area (Å²) in [6.07, 6.45) is -1.17. The lowest BCUT2D eigenvalue weighted by atomic mass is 9.67. The molecule has 0 spiro atoms. The largest absolute Gasteiger partial charge is 0.401 e. The molecule has 20 heavy (non-hydrogen) atoms. The molecule has 0 aromatic heterocycles. The van der Waals surface area contributed by atoms with Crippen molar-refractivity contribution < 1.29 is 13.2 Å². The number of alkyl halides is 3. The topological polar surface area (TPSA) is 29.3 Å². The van der Waals surface area contributed by atoms with E-state index in [2.05, 4.69) is 20.8 Å². The molecule has 120 valence electrons. The molecule has 1 rings (SSSR count). The quantitative estimate of drug-likeness (QED) is 0.857. The molecule has 3 atom stereocenters. The van der Waals surface area contributed by atoms with Gasteiger partial charge in [0.05, 0.1) is 6.54 Å². The van der Waals surface area contributed by atoms with Gasteiger partial charge in [-0.05, 0) is 43.1 Å². The zero-order chi connectivity index (χ0) is 15.6. The summed E-state index contributed by atoms with van der Waals surface area (Å²) in [4.78, 5) is 1.48. The van der Waals surface area contributed by atoms with Crippen LogP contribution in [0.25, 0.3) is 0 Å². The minimum absolute atomic E-state index is 0.0379. The second-order valence-electron chi connectivity index (χ2n) is 7.24. The van der Waals surface area contributed by atoms with Gasteiger partial charge in [0.25, 0.3) is 0 Å². The van der Waals surface area contributed by atoms with Gasteiger partial charge in [-0.1, -0.05) is 27.7 Å². The van der Waals surface area contributed by atoms with E-state index < -0.39 is 12.7 Å². The number of hydrogen-bond acceptors (Lipinski definition) is 2. The SMILES string of the molecule is CCN(CC1CC(C(C)(C)C)CCC1N)CC(F)(F)F. The Bertz CT molecular complexity index is 296. The minimum Gasteiger partial charge on any atom is -0.327 e. The molecular weight excluding hydrogens is 265 g/mol. The Hall–Kier alpha value is -0.290. The zero-order valence-corrected chi connectivity index (χ0v) is 13.1. The van der Waals surface area contributed by atoms with Crippen LogP contribution in [0.1, 0.15) is 47.0 Å². The minimum atomic E-state index is -4.13. The van der Waals surface area contributed by atoms with Crippen molar-refractivity contribution in [1.82, 2.24) is 4.90 Å². The lowest BCUT2D eigenvalue weighted by Gasteiger charge is -2.42. The molecule has 1 saturated carbocycles. The summed E-state index contributed by atoms with van der Waals surface area (Å²) in [6, 6.07) is 0.0379. The summed E-state index contributed by atoms with van der Waals surface area (Å²) in [6.45, 7) is 8.46. The molecular formula is C15H29F3N2. The molecule has 2 nitrogen and oxygen atoms in total. The van der Waals surface area contributed by atoms with Crippen LogP contribution in [0.15, 0.2) is 0 Å². The Labute approximate surface area is 120 Å². The van der Waals surface area contributed by atoms with E-state index in [0.29, 0.717) is 19.0 Å². The van der Waals surface area contributed by atoms with Gasteiger partial charge in [-0.25, -0.2) is 0 Å². The van der Waals surface area contributed by atoms with Crippen molar-refractivity contribution in [3.05, 3.63) is 0 Å². The molecule has 5 heteroatoms. The van der Waals surface area contributed by atoms with Crippen molar-refractivity contribution >= 4 is 0 Å². The third-order valence-corrected chi connectivity index (χ3v) is 4.61. The maximum Gasteiger partial charge on any atom is 0.401 e. The number of nitrogens with zero attached hydrogens (tertiary/aromatic N) is 1. The molecule has 0 aromatic carbocycles. The first kappa shape index (κ1) is 17.8. The van der Waals surface area contributed by atoms with E-state index >= 15 is 0 Å². The summed E-state index contributed by atoms with van der Waals surface area (Å²) in [5.74, 6) is 0.729. The third-order valence-electron chi connectivity index (χ3n) is 4.61. The standard InChI is InChI=1S/C15H29F3N2/c1-5-20(10-15(16,17)18)9-11-8-12(14(2,3)4)6-7-13(11)19/h11-13H,5-10,19H2,1-4H3.